The second-order valence-corrected chi connectivity index (χ2v) is 3.81. The molecule has 1 aromatic heterocycles. The van der Waals surface area contributed by atoms with Crippen LogP contribution in [-0.4, -0.2) is 4.98 Å². The fourth-order valence-corrected chi connectivity index (χ4v) is 1.83. The molecule has 0 saturated carbocycles. The Hall–Kier alpha value is -2.35. The lowest BCUT2D eigenvalue weighted by Crippen LogP contribution is -2.01. The number of benzene rings is 2. The second kappa shape index (κ2) is 3.91. The molecular formula is C15H9NO. The minimum atomic E-state index is -0.0805. The van der Waals surface area contributed by atoms with Gasteiger partial charge in [-0.15, -0.1) is 0 Å². The highest BCUT2D eigenvalue weighted by Gasteiger charge is 1.99. The van der Waals surface area contributed by atoms with Gasteiger partial charge in [0.15, 0.2) is 0 Å². The van der Waals surface area contributed by atoms with Crippen molar-refractivity contribution in [2.24, 2.45) is 0 Å². The van der Waals surface area contributed by atoms with Gasteiger partial charge in [-0.1, -0.05) is 24.3 Å². The Morgan fingerprint density at radius 2 is 1.82 bits per heavy atom. The van der Waals surface area contributed by atoms with Gasteiger partial charge in [0.25, 0.3) is 0 Å². The summed E-state index contributed by atoms with van der Waals surface area (Å²) in [5, 5.41) is 1.01. The number of aromatic nitrogens is 1. The summed E-state index contributed by atoms with van der Waals surface area (Å²) in [6.07, 6.45) is 0. The molecule has 2 radical (unpaired) electrons. The van der Waals surface area contributed by atoms with Crippen LogP contribution in [0.2, 0.25) is 0 Å². The molecule has 1 heterocycles. The highest BCUT2D eigenvalue weighted by Crippen LogP contribution is 2.21. The molecule has 2 nitrogen and oxygen atoms in total. The van der Waals surface area contributed by atoms with Crippen LogP contribution in [0.1, 0.15) is 0 Å². The molecule has 3 rings (SSSR count). The largest absolute Gasteiger partial charge is 0.322 e. The molecule has 80 valence electrons. The van der Waals surface area contributed by atoms with Gasteiger partial charge in [0.1, 0.15) is 0 Å². The van der Waals surface area contributed by atoms with E-state index in [1.54, 1.807) is 0 Å². The van der Waals surface area contributed by atoms with Crippen molar-refractivity contribution in [2.45, 2.75) is 0 Å². The third-order valence-electron chi connectivity index (χ3n) is 2.66. The van der Waals surface area contributed by atoms with Crippen LogP contribution in [0.15, 0.2) is 53.3 Å². The Morgan fingerprint density at radius 3 is 2.65 bits per heavy atom. The molecule has 3 aromatic rings. The minimum absolute atomic E-state index is 0.0805. The maximum Gasteiger partial charge on any atom is 0.248 e. The molecule has 2 aromatic carbocycles. The van der Waals surface area contributed by atoms with Gasteiger partial charge in [-0.25, -0.2) is 0 Å². The summed E-state index contributed by atoms with van der Waals surface area (Å²) < 4.78 is 0. The van der Waals surface area contributed by atoms with Gasteiger partial charge in [0, 0.05) is 11.6 Å². The first-order chi connectivity index (χ1) is 8.33. The lowest BCUT2D eigenvalue weighted by molar-refractivity contribution is 1.31. The maximum atomic E-state index is 11.2. The van der Waals surface area contributed by atoms with E-state index in [1.165, 1.54) is 6.07 Å². The Labute approximate surface area is 98.6 Å². The van der Waals surface area contributed by atoms with Crippen molar-refractivity contribution in [3.63, 3.8) is 0 Å². The van der Waals surface area contributed by atoms with Crippen molar-refractivity contribution >= 4 is 10.9 Å². The normalized spacial score (nSPS) is 10.6. The van der Waals surface area contributed by atoms with Crippen LogP contribution in [0.5, 0.6) is 0 Å². The summed E-state index contributed by atoms with van der Waals surface area (Å²) in [4.78, 5) is 14.0. The van der Waals surface area contributed by atoms with Crippen LogP contribution in [0.3, 0.4) is 0 Å². The molecule has 0 aliphatic rings. The predicted octanol–water partition coefficient (Wildman–Crippen LogP) is 2.80. The average molecular weight is 219 g/mol. The Kier molecular flexibility index (Phi) is 2.26. The van der Waals surface area contributed by atoms with E-state index in [0.29, 0.717) is 0 Å². The van der Waals surface area contributed by atoms with Crippen molar-refractivity contribution in [3.8, 4) is 11.1 Å². The molecule has 2 heteroatoms. The summed E-state index contributed by atoms with van der Waals surface area (Å²) in [6.45, 7) is 0. The molecule has 17 heavy (non-hydrogen) atoms. The topological polar surface area (TPSA) is 32.9 Å². The third kappa shape index (κ3) is 1.85. The highest BCUT2D eigenvalue weighted by atomic mass is 16.1. The van der Waals surface area contributed by atoms with Crippen LogP contribution in [0, 0.1) is 12.1 Å². The van der Waals surface area contributed by atoms with Crippen LogP contribution in [0.25, 0.3) is 22.0 Å². The number of nitrogens with one attached hydrogen (secondary N) is 1. The number of rotatable bonds is 1. The zero-order valence-corrected chi connectivity index (χ0v) is 9.03. The smallest absolute Gasteiger partial charge is 0.248 e. The number of H-pyrrole nitrogens is 1. The molecule has 0 amide bonds. The molecule has 0 bridgehead atoms. The fraction of sp³-hybridized carbons (Fsp3) is 0. The molecule has 1 N–H and O–H groups in total. The van der Waals surface area contributed by atoms with Gasteiger partial charge in [0.2, 0.25) is 5.56 Å². The summed E-state index contributed by atoms with van der Waals surface area (Å²) in [5.41, 5.74) is 2.74. The van der Waals surface area contributed by atoms with Gasteiger partial charge in [-0.2, -0.15) is 0 Å². The highest BCUT2D eigenvalue weighted by molar-refractivity contribution is 5.83. The van der Waals surface area contributed by atoms with Crippen LogP contribution in [-0.2, 0) is 0 Å². The first-order valence-corrected chi connectivity index (χ1v) is 5.35. The van der Waals surface area contributed by atoms with Crippen LogP contribution >= 0.6 is 0 Å². The van der Waals surface area contributed by atoms with E-state index < -0.39 is 0 Å². The number of fused-ring (bicyclic) bond motifs is 1. The summed E-state index contributed by atoms with van der Waals surface area (Å²) in [5.74, 6) is 0. The van der Waals surface area contributed by atoms with E-state index in [1.807, 2.05) is 42.5 Å². The van der Waals surface area contributed by atoms with E-state index in [-0.39, 0.29) is 5.56 Å². The van der Waals surface area contributed by atoms with Crippen molar-refractivity contribution in [1.82, 2.24) is 4.98 Å². The van der Waals surface area contributed by atoms with Gasteiger partial charge >= 0.3 is 0 Å². The molecule has 0 unspecified atom stereocenters. The molecule has 0 saturated heterocycles. The van der Waals surface area contributed by atoms with E-state index in [4.69, 9.17) is 0 Å². The van der Waals surface area contributed by atoms with Gasteiger partial charge in [-0.05, 0) is 46.8 Å². The molecule has 0 aliphatic carbocycles. The number of hydrogen-bond donors (Lipinski definition) is 1. The summed E-state index contributed by atoms with van der Waals surface area (Å²) >= 11 is 0. The Balaban J connectivity index is 2.21. The van der Waals surface area contributed by atoms with E-state index in [0.717, 1.165) is 22.0 Å². The molecule has 0 aliphatic heterocycles. The van der Waals surface area contributed by atoms with E-state index >= 15 is 0 Å². The second-order valence-electron chi connectivity index (χ2n) is 3.81. The number of aromatic amines is 1. The SMILES string of the molecule is O=c1ccc2cc(-c3[c]ccc[c]3)ccc2[nH]1. The number of pyridine rings is 1. The Morgan fingerprint density at radius 1 is 1.00 bits per heavy atom. The average Bonchev–Trinajstić information content (AvgIpc) is 2.39. The summed E-state index contributed by atoms with van der Waals surface area (Å²) in [7, 11) is 0. The zero-order chi connectivity index (χ0) is 11.7. The van der Waals surface area contributed by atoms with Gasteiger partial charge < -0.3 is 4.98 Å². The van der Waals surface area contributed by atoms with Crippen molar-refractivity contribution in [2.75, 3.05) is 0 Å². The van der Waals surface area contributed by atoms with Crippen molar-refractivity contribution in [3.05, 3.63) is 71.0 Å². The minimum Gasteiger partial charge on any atom is -0.322 e. The lowest BCUT2D eigenvalue weighted by Gasteiger charge is -2.02. The first kappa shape index (κ1) is 9.85. The first-order valence-electron chi connectivity index (χ1n) is 5.35. The summed E-state index contributed by atoms with van der Waals surface area (Å²) in [6, 6.07) is 21.1. The monoisotopic (exact) mass is 219 g/mol. The van der Waals surface area contributed by atoms with Crippen LogP contribution in [0.4, 0.5) is 0 Å². The molecule has 0 fully saturated rings. The number of hydrogen-bond acceptors (Lipinski definition) is 1. The standard InChI is InChI=1S/C15H9NO/c17-15-9-7-13-10-12(6-8-14(13)16-15)11-4-2-1-3-5-11/h1-3,6-10H,(H,16,17). The molecular weight excluding hydrogens is 210 g/mol. The van der Waals surface area contributed by atoms with Crippen molar-refractivity contribution in [1.29, 1.82) is 0 Å². The fourth-order valence-electron chi connectivity index (χ4n) is 1.83. The molecule has 0 spiro atoms. The van der Waals surface area contributed by atoms with Crippen LogP contribution < -0.4 is 5.56 Å². The van der Waals surface area contributed by atoms with Crippen molar-refractivity contribution < 1.29 is 0 Å². The van der Waals surface area contributed by atoms with E-state index in [9.17, 15) is 4.79 Å². The maximum absolute atomic E-state index is 11.2. The lowest BCUT2D eigenvalue weighted by atomic mass is 10.0. The predicted molar refractivity (Wildman–Crippen MR) is 67.7 cm³/mol. The quantitative estimate of drug-likeness (QED) is 0.670. The molecule has 0 atom stereocenters. The van der Waals surface area contributed by atoms with Gasteiger partial charge in [-0.3, -0.25) is 4.79 Å². The van der Waals surface area contributed by atoms with Gasteiger partial charge in [0.05, 0.1) is 0 Å². The third-order valence-corrected chi connectivity index (χ3v) is 2.66. The van der Waals surface area contributed by atoms with E-state index in [2.05, 4.69) is 17.1 Å². The Bertz CT molecular complexity index is 714. The zero-order valence-electron chi connectivity index (χ0n) is 9.03.